The molecule has 0 saturated carbocycles. The fourth-order valence-corrected chi connectivity index (χ4v) is 7.45. The van der Waals surface area contributed by atoms with Gasteiger partial charge in [0.15, 0.2) is 5.85 Å². The van der Waals surface area contributed by atoms with Crippen molar-refractivity contribution in [1.82, 2.24) is 4.72 Å². The van der Waals surface area contributed by atoms with E-state index in [1.807, 2.05) is 0 Å². The summed E-state index contributed by atoms with van der Waals surface area (Å²) in [7, 11) is -11.3. The fourth-order valence-electron chi connectivity index (χ4n) is 3.07. The van der Waals surface area contributed by atoms with Gasteiger partial charge in [-0.05, 0) is 50.6 Å². The second-order valence-electron chi connectivity index (χ2n) is 7.25. The summed E-state index contributed by atoms with van der Waals surface area (Å²) >= 11 is 0. The van der Waals surface area contributed by atoms with Crippen molar-refractivity contribution in [2.24, 2.45) is 0 Å². The van der Waals surface area contributed by atoms with Crippen LogP contribution >= 0.6 is 7.60 Å². The molecule has 0 amide bonds. The van der Waals surface area contributed by atoms with Crippen molar-refractivity contribution in [3.8, 4) is 5.75 Å². The predicted octanol–water partition coefficient (Wildman–Crippen LogP) is 3.59. The first kappa shape index (κ1) is 28.4. The summed E-state index contributed by atoms with van der Waals surface area (Å²) in [6.07, 6.45) is 0.766. The summed E-state index contributed by atoms with van der Waals surface area (Å²) in [6.45, 7) is 4.70. The summed E-state index contributed by atoms with van der Waals surface area (Å²) in [4.78, 5) is -0.0719. The molecule has 190 valence electrons. The van der Waals surface area contributed by atoms with Crippen molar-refractivity contribution in [3.63, 3.8) is 0 Å². The largest absolute Gasteiger partial charge is 0.497 e. The lowest BCUT2D eigenvalue weighted by atomic mass is 10.1. The fraction of sp³-hybridized carbons (Fsp3) is 0.429. The molecule has 2 aromatic rings. The Kier molecular flexibility index (Phi) is 9.84. The van der Waals surface area contributed by atoms with Crippen LogP contribution in [-0.2, 0) is 37.9 Å². The van der Waals surface area contributed by atoms with E-state index in [9.17, 15) is 21.4 Å². The molecule has 2 rings (SSSR count). The Morgan fingerprint density at radius 1 is 0.912 bits per heavy atom. The highest BCUT2D eigenvalue weighted by atomic mass is 32.2. The minimum absolute atomic E-state index is 0.0719. The van der Waals surface area contributed by atoms with Crippen molar-refractivity contribution in [2.75, 3.05) is 26.6 Å². The highest BCUT2D eigenvalue weighted by Crippen LogP contribution is 2.58. The Bertz CT molecular complexity index is 1190. The van der Waals surface area contributed by atoms with Crippen LogP contribution < -0.4 is 9.46 Å². The summed E-state index contributed by atoms with van der Waals surface area (Å²) < 4.78 is 88.0. The van der Waals surface area contributed by atoms with Crippen LogP contribution in [0.4, 0.5) is 0 Å². The molecule has 0 heterocycles. The van der Waals surface area contributed by atoms with Gasteiger partial charge in [-0.15, -0.1) is 0 Å². The Hall–Kier alpha value is -1.79. The first-order chi connectivity index (χ1) is 15.8. The first-order valence-corrected chi connectivity index (χ1v) is 15.3. The Labute approximate surface area is 201 Å². The van der Waals surface area contributed by atoms with Gasteiger partial charge in [0, 0.05) is 0 Å². The molecule has 0 aromatic heterocycles. The highest BCUT2D eigenvalue weighted by Gasteiger charge is 2.47. The summed E-state index contributed by atoms with van der Waals surface area (Å²) in [5.41, 5.74) is 1.10. The minimum atomic E-state index is -4.31. The van der Waals surface area contributed by atoms with E-state index in [1.165, 1.54) is 31.4 Å². The van der Waals surface area contributed by atoms with E-state index in [2.05, 4.69) is 4.72 Å². The number of aryl methyl sites for hydroxylation is 1. The average Bonchev–Trinajstić information content (AvgIpc) is 2.76. The van der Waals surface area contributed by atoms with Crippen LogP contribution in [0, 0.1) is 6.92 Å². The van der Waals surface area contributed by atoms with E-state index < -0.39 is 39.6 Å². The van der Waals surface area contributed by atoms with Gasteiger partial charge >= 0.3 is 7.60 Å². The summed E-state index contributed by atoms with van der Waals surface area (Å²) in [5, 5.41) is 0. The SMILES string of the molecule is CCOP(=O)(OCC)[C@H](OS(C)(=O)=O)[C@@H](NS(=O)(=O)c1ccc(C)cc1)c1ccc(OC)cc1. The molecule has 0 saturated heterocycles. The van der Waals surface area contributed by atoms with Gasteiger partial charge in [-0.2, -0.15) is 8.42 Å². The molecule has 0 radical (unpaired) electrons. The van der Waals surface area contributed by atoms with E-state index in [0.29, 0.717) is 5.75 Å². The smallest absolute Gasteiger partial charge is 0.362 e. The van der Waals surface area contributed by atoms with Crippen LogP contribution in [0.2, 0.25) is 0 Å². The van der Waals surface area contributed by atoms with Crippen molar-refractivity contribution >= 4 is 27.7 Å². The van der Waals surface area contributed by atoms with Gasteiger partial charge in [0.05, 0.1) is 37.5 Å². The monoisotopic (exact) mass is 535 g/mol. The van der Waals surface area contributed by atoms with E-state index in [-0.39, 0.29) is 23.7 Å². The van der Waals surface area contributed by atoms with E-state index in [4.69, 9.17) is 18.0 Å². The second kappa shape index (κ2) is 11.8. The Morgan fingerprint density at radius 2 is 1.44 bits per heavy atom. The van der Waals surface area contributed by atoms with E-state index >= 15 is 0 Å². The molecule has 0 unspecified atom stereocenters. The maximum Gasteiger partial charge on any atom is 0.362 e. The number of methoxy groups -OCH3 is 1. The maximum atomic E-state index is 13.7. The topological polar surface area (TPSA) is 134 Å². The van der Waals surface area contributed by atoms with E-state index in [1.54, 1.807) is 45.0 Å². The molecule has 0 fully saturated rings. The molecular weight excluding hydrogens is 505 g/mol. The van der Waals surface area contributed by atoms with Crippen molar-refractivity contribution in [1.29, 1.82) is 0 Å². The number of benzene rings is 2. The second-order valence-corrected chi connectivity index (χ2v) is 12.7. The molecule has 1 N–H and O–H groups in total. The Balaban J connectivity index is 2.70. The van der Waals surface area contributed by atoms with Gasteiger partial charge in [0.2, 0.25) is 10.0 Å². The zero-order valence-corrected chi connectivity index (χ0v) is 22.2. The van der Waals surface area contributed by atoms with Crippen LogP contribution in [0.15, 0.2) is 53.4 Å². The van der Waals surface area contributed by atoms with Gasteiger partial charge in [-0.1, -0.05) is 29.8 Å². The van der Waals surface area contributed by atoms with Crippen molar-refractivity contribution < 1.29 is 39.4 Å². The molecule has 2 aromatic carbocycles. The van der Waals surface area contributed by atoms with Gasteiger partial charge in [0.25, 0.3) is 10.1 Å². The van der Waals surface area contributed by atoms with Gasteiger partial charge < -0.3 is 13.8 Å². The van der Waals surface area contributed by atoms with Crippen LogP contribution in [-0.4, -0.2) is 49.3 Å². The maximum absolute atomic E-state index is 13.7. The third kappa shape index (κ3) is 7.61. The van der Waals surface area contributed by atoms with Crippen molar-refractivity contribution in [3.05, 3.63) is 59.7 Å². The lowest BCUT2D eigenvalue weighted by Gasteiger charge is -2.32. The molecule has 0 spiro atoms. The third-order valence-corrected chi connectivity index (χ3v) is 9.00. The van der Waals surface area contributed by atoms with Gasteiger partial charge in [-0.25, -0.2) is 13.1 Å². The first-order valence-electron chi connectivity index (χ1n) is 10.3. The van der Waals surface area contributed by atoms with E-state index in [0.717, 1.165) is 11.8 Å². The zero-order chi connectivity index (χ0) is 25.6. The summed E-state index contributed by atoms with van der Waals surface area (Å²) in [6, 6.07) is 10.7. The molecular formula is C21H30NO9PS2. The van der Waals surface area contributed by atoms with Crippen LogP contribution in [0.3, 0.4) is 0 Å². The van der Waals surface area contributed by atoms with Crippen molar-refractivity contribution in [2.45, 2.75) is 37.6 Å². The van der Waals surface area contributed by atoms with Crippen LogP contribution in [0.25, 0.3) is 0 Å². The predicted molar refractivity (Wildman–Crippen MR) is 128 cm³/mol. The number of hydrogen-bond acceptors (Lipinski definition) is 9. The number of ether oxygens (including phenoxy) is 1. The van der Waals surface area contributed by atoms with Crippen LogP contribution in [0.1, 0.15) is 31.0 Å². The molecule has 10 nitrogen and oxygen atoms in total. The lowest BCUT2D eigenvalue weighted by molar-refractivity contribution is 0.148. The number of hydrogen-bond donors (Lipinski definition) is 1. The molecule has 0 aliphatic carbocycles. The standard InChI is InChI=1S/C21H30NO9PS2/c1-6-29-32(23,30-7-2)21(31-33(5,24)25)20(17-10-12-18(28-4)13-11-17)22-34(26,27)19-14-8-16(3)9-15-19/h8-15,20-22H,6-7H2,1-5H3/t20-,21-/m0/s1. The van der Waals surface area contributed by atoms with Crippen LogP contribution in [0.5, 0.6) is 5.75 Å². The molecule has 2 atom stereocenters. The quantitative estimate of drug-likeness (QED) is 0.302. The molecule has 34 heavy (non-hydrogen) atoms. The van der Waals surface area contributed by atoms with Gasteiger partial charge in [0.1, 0.15) is 5.75 Å². The number of nitrogens with one attached hydrogen (secondary N) is 1. The number of sulfonamides is 1. The molecule has 13 heteroatoms. The number of rotatable bonds is 13. The minimum Gasteiger partial charge on any atom is -0.497 e. The summed E-state index contributed by atoms with van der Waals surface area (Å²) in [5.74, 6) is -1.38. The van der Waals surface area contributed by atoms with Gasteiger partial charge in [-0.3, -0.25) is 8.75 Å². The molecule has 0 bridgehead atoms. The highest BCUT2D eigenvalue weighted by molar-refractivity contribution is 7.89. The molecule has 0 aliphatic rings. The third-order valence-electron chi connectivity index (χ3n) is 4.58. The lowest BCUT2D eigenvalue weighted by Crippen LogP contribution is -2.39. The Morgan fingerprint density at radius 3 is 1.88 bits per heavy atom. The zero-order valence-electron chi connectivity index (χ0n) is 19.6. The normalized spacial score (nSPS) is 14.5. The average molecular weight is 536 g/mol. The molecule has 0 aliphatic heterocycles.